The van der Waals surface area contributed by atoms with E-state index in [1.165, 1.54) is 12.8 Å². The molecule has 0 unspecified atom stereocenters. The molecular weight excluding hydrogens is 318 g/mol. The fraction of sp³-hybridized carbons (Fsp3) is 0.526. The molecule has 1 aliphatic carbocycles. The highest BCUT2D eigenvalue weighted by Crippen LogP contribution is 2.28. The first-order valence-corrected chi connectivity index (χ1v) is 9.00. The van der Waals surface area contributed by atoms with Gasteiger partial charge >= 0.3 is 6.03 Å². The number of rotatable bonds is 4. The van der Waals surface area contributed by atoms with E-state index in [9.17, 15) is 14.4 Å². The van der Waals surface area contributed by atoms with Crippen LogP contribution in [0.2, 0.25) is 0 Å². The number of amides is 4. The van der Waals surface area contributed by atoms with Crippen molar-refractivity contribution < 1.29 is 14.4 Å². The number of carbonyl (C=O) groups is 3. The van der Waals surface area contributed by atoms with Crippen molar-refractivity contribution in [2.75, 3.05) is 6.54 Å². The Labute approximate surface area is 148 Å². The number of hydrogen-bond donors (Lipinski definition) is 2. The first-order valence-electron chi connectivity index (χ1n) is 9.00. The van der Waals surface area contributed by atoms with Gasteiger partial charge in [-0.3, -0.25) is 14.5 Å². The van der Waals surface area contributed by atoms with Gasteiger partial charge in [0, 0.05) is 6.04 Å². The van der Waals surface area contributed by atoms with Crippen LogP contribution in [0.15, 0.2) is 30.3 Å². The number of hydrogen-bond acceptors (Lipinski definition) is 3. The van der Waals surface area contributed by atoms with Crippen LogP contribution in [0, 0.1) is 0 Å². The van der Waals surface area contributed by atoms with Crippen LogP contribution in [0.5, 0.6) is 0 Å². The topological polar surface area (TPSA) is 78.5 Å². The Balaban J connectivity index is 1.65. The van der Waals surface area contributed by atoms with Crippen LogP contribution in [0.4, 0.5) is 4.79 Å². The monoisotopic (exact) mass is 343 g/mol. The van der Waals surface area contributed by atoms with Crippen molar-refractivity contribution >= 4 is 17.8 Å². The summed E-state index contributed by atoms with van der Waals surface area (Å²) in [5, 5.41) is 5.70. The van der Waals surface area contributed by atoms with Crippen molar-refractivity contribution in [1.29, 1.82) is 0 Å². The van der Waals surface area contributed by atoms with Crippen molar-refractivity contribution in [3.63, 3.8) is 0 Å². The van der Waals surface area contributed by atoms with E-state index in [1.54, 1.807) is 19.1 Å². The van der Waals surface area contributed by atoms with Crippen molar-refractivity contribution in [1.82, 2.24) is 15.5 Å². The summed E-state index contributed by atoms with van der Waals surface area (Å²) in [5.74, 6) is -0.660. The Bertz CT molecular complexity index is 653. The van der Waals surface area contributed by atoms with Gasteiger partial charge in [-0.25, -0.2) is 4.79 Å². The van der Waals surface area contributed by atoms with Crippen LogP contribution < -0.4 is 10.6 Å². The maximum atomic E-state index is 12.8. The van der Waals surface area contributed by atoms with E-state index >= 15 is 0 Å². The lowest BCUT2D eigenvalue weighted by Gasteiger charge is -2.22. The van der Waals surface area contributed by atoms with Crippen molar-refractivity contribution in [2.24, 2.45) is 0 Å². The number of urea groups is 1. The average molecular weight is 343 g/mol. The lowest BCUT2D eigenvalue weighted by atomic mass is 9.92. The molecule has 3 rings (SSSR count). The Morgan fingerprint density at radius 1 is 1.16 bits per heavy atom. The van der Waals surface area contributed by atoms with Gasteiger partial charge in [-0.05, 0) is 25.3 Å². The summed E-state index contributed by atoms with van der Waals surface area (Å²) in [5.41, 5.74) is -0.416. The van der Waals surface area contributed by atoms with Crippen LogP contribution in [0.25, 0.3) is 0 Å². The second-order valence-electron chi connectivity index (χ2n) is 7.07. The molecule has 1 aromatic rings. The van der Waals surface area contributed by atoms with Crippen LogP contribution in [0.3, 0.4) is 0 Å². The molecule has 1 aliphatic heterocycles. The van der Waals surface area contributed by atoms with E-state index in [-0.39, 0.29) is 24.4 Å². The largest absolute Gasteiger partial charge is 0.352 e. The summed E-state index contributed by atoms with van der Waals surface area (Å²) in [6.07, 6.45) is 6.56. The standard InChI is InChI=1S/C19H25N3O3/c1-19(14-9-5-4-6-10-14)17(24)22(18(25)21-19)13-16(23)20-15-11-7-2-3-8-12-15/h4-6,9-10,15H,2-3,7-8,11-13H2,1H3,(H,20,23)(H,21,25)/t19-/m1/s1. The van der Waals surface area contributed by atoms with Gasteiger partial charge in [0.25, 0.3) is 5.91 Å². The van der Waals surface area contributed by atoms with Crippen molar-refractivity contribution in [3.05, 3.63) is 35.9 Å². The van der Waals surface area contributed by atoms with E-state index in [0.717, 1.165) is 30.6 Å². The highest BCUT2D eigenvalue weighted by atomic mass is 16.2. The fourth-order valence-corrected chi connectivity index (χ4v) is 3.65. The molecule has 0 aromatic heterocycles. The summed E-state index contributed by atoms with van der Waals surface area (Å²) < 4.78 is 0. The molecule has 2 N–H and O–H groups in total. The predicted molar refractivity (Wildman–Crippen MR) is 93.7 cm³/mol. The third-order valence-electron chi connectivity index (χ3n) is 5.15. The van der Waals surface area contributed by atoms with Gasteiger partial charge in [-0.1, -0.05) is 56.0 Å². The number of imide groups is 1. The summed E-state index contributed by atoms with van der Waals surface area (Å²) in [6.45, 7) is 1.44. The third kappa shape index (κ3) is 3.67. The third-order valence-corrected chi connectivity index (χ3v) is 5.15. The minimum Gasteiger partial charge on any atom is -0.352 e. The molecule has 25 heavy (non-hydrogen) atoms. The molecule has 6 nitrogen and oxygen atoms in total. The number of nitrogens with zero attached hydrogens (tertiary/aromatic N) is 1. The molecule has 2 fully saturated rings. The average Bonchev–Trinajstić information content (AvgIpc) is 2.80. The molecule has 0 spiro atoms. The Hall–Kier alpha value is -2.37. The Morgan fingerprint density at radius 3 is 2.44 bits per heavy atom. The maximum absolute atomic E-state index is 12.8. The number of benzene rings is 1. The lowest BCUT2D eigenvalue weighted by Crippen LogP contribution is -2.45. The van der Waals surface area contributed by atoms with Crippen molar-refractivity contribution in [3.8, 4) is 0 Å². The molecule has 1 atom stereocenters. The summed E-state index contributed by atoms with van der Waals surface area (Å²) >= 11 is 0. The highest BCUT2D eigenvalue weighted by Gasteiger charge is 2.49. The number of nitrogens with one attached hydrogen (secondary N) is 2. The van der Waals surface area contributed by atoms with Crippen molar-refractivity contribution in [2.45, 2.75) is 57.0 Å². The molecule has 0 radical (unpaired) electrons. The smallest absolute Gasteiger partial charge is 0.325 e. The molecule has 1 saturated carbocycles. The van der Waals surface area contributed by atoms with E-state index < -0.39 is 11.6 Å². The second-order valence-corrected chi connectivity index (χ2v) is 7.07. The lowest BCUT2D eigenvalue weighted by molar-refractivity contribution is -0.135. The summed E-state index contributed by atoms with van der Waals surface area (Å²) in [7, 11) is 0. The number of carbonyl (C=O) groups excluding carboxylic acids is 3. The van der Waals surface area contributed by atoms with Gasteiger partial charge in [0.1, 0.15) is 12.1 Å². The first-order chi connectivity index (χ1) is 12.0. The summed E-state index contributed by atoms with van der Waals surface area (Å²) in [4.78, 5) is 38.4. The molecule has 1 saturated heterocycles. The minimum atomic E-state index is -1.12. The molecule has 0 bridgehead atoms. The Kier molecular flexibility index (Phi) is 5.06. The molecular formula is C19H25N3O3. The van der Waals surface area contributed by atoms with Gasteiger partial charge in [0.15, 0.2) is 0 Å². The fourth-order valence-electron chi connectivity index (χ4n) is 3.65. The maximum Gasteiger partial charge on any atom is 0.325 e. The van der Waals surface area contributed by atoms with Gasteiger partial charge in [-0.15, -0.1) is 0 Å². The van der Waals surface area contributed by atoms with Gasteiger partial charge in [0.2, 0.25) is 5.91 Å². The van der Waals surface area contributed by atoms with Gasteiger partial charge in [-0.2, -0.15) is 0 Å². The van der Waals surface area contributed by atoms with Crippen LogP contribution in [-0.4, -0.2) is 35.3 Å². The molecule has 1 aromatic carbocycles. The minimum absolute atomic E-state index is 0.149. The summed E-state index contributed by atoms with van der Waals surface area (Å²) in [6, 6.07) is 8.72. The first kappa shape index (κ1) is 17.5. The quantitative estimate of drug-likeness (QED) is 0.650. The molecule has 4 amide bonds. The normalized spacial score (nSPS) is 24.8. The van der Waals surface area contributed by atoms with Gasteiger partial charge < -0.3 is 10.6 Å². The van der Waals surface area contributed by atoms with E-state index in [1.807, 2.05) is 18.2 Å². The highest BCUT2D eigenvalue weighted by molar-refractivity contribution is 6.09. The molecule has 2 aliphatic rings. The molecule has 1 heterocycles. The van der Waals surface area contributed by atoms with Crippen LogP contribution in [0.1, 0.15) is 51.0 Å². The van der Waals surface area contributed by atoms with E-state index in [2.05, 4.69) is 10.6 Å². The zero-order chi connectivity index (χ0) is 17.9. The SMILES string of the molecule is C[C@]1(c2ccccc2)NC(=O)N(CC(=O)NC2CCCCCC2)C1=O. The predicted octanol–water partition coefficient (Wildman–Crippen LogP) is 2.29. The second kappa shape index (κ2) is 7.25. The van der Waals surface area contributed by atoms with E-state index in [4.69, 9.17) is 0 Å². The van der Waals surface area contributed by atoms with E-state index in [0.29, 0.717) is 5.56 Å². The zero-order valence-corrected chi connectivity index (χ0v) is 14.6. The zero-order valence-electron chi connectivity index (χ0n) is 14.6. The Morgan fingerprint density at radius 2 is 1.80 bits per heavy atom. The molecule has 6 heteroatoms. The van der Waals surface area contributed by atoms with Gasteiger partial charge in [0.05, 0.1) is 0 Å². The van der Waals surface area contributed by atoms with Crippen LogP contribution >= 0.6 is 0 Å². The van der Waals surface area contributed by atoms with Crippen LogP contribution in [-0.2, 0) is 15.1 Å². The molecule has 134 valence electrons.